The lowest BCUT2D eigenvalue weighted by Crippen LogP contribution is -2.61. The van der Waals surface area contributed by atoms with E-state index >= 15 is 0 Å². The predicted octanol–water partition coefficient (Wildman–Crippen LogP) is 0.215. The van der Waals surface area contributed by atoms with Crippen LogP contribution < -0.4 is 10.6 Å². The van der Waals surface area contributed by atoms with Crippen LogP contribution in [0.5, 0.6) is 0 Å². The lowest BCUT2D eigenvalue weighted by atomic mass is 10.1. The number of piperazine rings is 1. The quantitative estimate of drug-likeness (QED) is 0.824. The average Bonchev–Trinajstić information content (AvgIpc) is 2.40. The maximum atomic E-state index is 12.0. The molecule has 2 N–H and O–H groups in total. The molecule has 0 atom stereocenters. The Morgan fingerprint density at radius 2 is 1.85 bits per heavy atom. The van der Waals surface area contributed by atoms with Crippen LogP contribution in [0.25, 0.3) is 0 Å². The van der Waals surface area contributed by atoms with E-state index in [4.69, 9.17) is 0 Å². The molecule has 2 heterocycles. The summed E-state index contributed by atoms with van der Waals surface area (Å²) in [5.41, 5.74) is 0.872. The fourth-order valence-corrected chi connectivity index (χ4v) is 2.74. The SMILES string of the molecule is O=C(CN1CCN(C2CNC2)CC1)Nc1ccccc1. The number of nitrogens with one attached hydrogen (secondary N) is 2. The summed E-state index contributed by atoms with van der Waals surface area (Å²) in [6.45, 7) is 6.85. The van der Waals surface area contributed by atoms with Gasteiger partial charge in [0.1, 0.15) is 0 Å². The third-order valence-electron chi connectivity index (χ3n) is 4.11. The van der Waals surface area contributed by atoms with E-state index in [2.05, 4.69) is 20.4 Å². The molecule has 2 aliphatic rings. The Balaban J connectivity index is 1.41. The monoisotopic (exact) mass is 274 g/mol. The summed E-state index contributed by atoms with van der Waals surface area (Å²) in [5, 5.41) is 6.25. The smallest absolute Gasteiger partial charge is 0.238 e. The van der Waals surface area contributed by atoms with E-state index in [0.717, 1.165) is 51.0 Å². The molecule has 5 nitrogen and oxygen atoms in total. The van der Waals surface area contributed by atoms with Gasteiger partial charge < -0.3 is 10.6 Å². The van der Waals surface area contributed by atoms with Crippen LogP contribution in [0.4, 0.5) is 5.69 Å². The minimum Gasteiger partial charge on any atom is -0.325 e. The van der Waals surface area contributed by atoms with Gasteiger partial charge >= 0.3 is 0 Å². The second-order valence-electron chi connectivity index (χ2n) is 5.54. The van der Waals surface area contributed by atoms with Gasteiger partial charge in [-0.05, 0) is 12.1 Å². The summed E-state index contributed by atoms with van der Waals surface area (Å²) in [6.07, 6.45) is 0. The first-order valence-electron chi connectivity index (χ1n) is 7.33. The summed E-state index contributed by atoms with van der Waals surface area (Å²) in [6, 6.07) is 10.4. The van der Waals surface area contributed by atoms with Crippen LogP contribution in [0.2, 0.25) is 0 Å². The van der Waals surface area contributed by atoms with Crippen LogP contribution in [-0.4, -0.2) is 67.6 Å². The molecule has 0 saturated carbocycles. The first-order chi connectivity index (χ1) is 9.81. The molecule has 1 amide bonds. The molecule has 1 aromatic rings. The minimum atomic E-state index is 0.0787. The van der Waals surface area contributed by atoms with Gasteiger partial charge in [0.25, 0.3) is 0 Å². The number of hydrogen-bond donors (Lipinski definition) is 2. The van der Waals surface area contributed by atoms with Crippen LogP contribution in [0.3, 0.4) is 0 Å². The van der Waals surface area contributed by atoms with E-state index in [-0.39, 0.29) is 5.91 Å². The topological polar surface area (TPSA) is 47.6 Å². The molecule has 0 bridgehead atoms. The van der Waals surface area contributed by atoms with Crippen molar-refractivity contribution in [2.24, 2.45) is 0 Å². The molecular formula is C15H22N4O. The fourth-order valence-electron chi connectivity index (χ4n) is 2.74. The summed E-state index contributed by atoms with van der Waals surface area (Å²) in [4.78, 5) is 16.8. The molecule has 20 heavy (non-hydrogen) atoms. The number of para-hydroxylation sites is 1. The predicted molar refractivity (Wildman–Crippen MR) is 79.7 cm³/mol. The van der Waals surface area contributed by atoms with Crippen LogP contribution >= 0.6 is 0 Å². The van der Waals surface area contributed by atoms with Crippen LogP contribution in [0.15, 0.2) is 30.3 Å². The second-order valence-corrected chi connectivity index (χ2v) is 5.54. The molecule has 2 fully saturated rings. The summed E-state index contributed by atoms with van der Waals surface area (Å²) >= 11 is 0. The largest absolute Gasteiger partial charge is 0.325 e. The number of hydrogen-bond acceptors (Lipinski definition) is 4. The van der Waals surface area contributed by atoms with Gasteiger partial charge in [-0.1, -0.05) is 18.2 Å². The number of carbonyl (C=O) groups excluding carboxylic acids is 1. The number of rotatable bonds is 4. The number of nitrogens with zero attached hydrogens (tertiary/aromatic N) is 2. The van der Waals surface area contributed by atoms with E-state index in [9.17, 15) is 4.79 Å². The highest BCUT2D eigenvalue weighted by Crippen LogP contribution is 2.10. The molecule has 0 spiro atoms. The van der Waals surface area contributed by atoms with E-state index in [0.29, 0.717) is 6.54 Å². The third-order valence-corrected chi connectivity index (χ3v) is 4.11. The van der Waals surface area contributed by atoms with Crippen molar-refractivity contribution in [2.75, 3.05) is 51.1 Å². The lowest BCUT2D eigenvalue weighted by Gasteiger charge is -2.43. The summed E-state index contributed by atoms with van der Waals surface area (Å²) in [7, 11) is 0. The number of anilines is 1. The summed E-state index contributed by atoms with van der Waals surface area (Å²) in [5.74, 6) is 0.0787. The number of carbonyl (C=O) groups is 1. The van der Waals surface area contributed by atoms with Crippen molar-refractivity contribution in [1.82, 2.24) is 15.1 Å². The van der Waals surface area contributed by atoms with Crippen molar-refractivity contribution in [3.05, 3.63) is 30.3 Å². The van der Waals surface area contributed by atoms with Crippen LogP contribution in [-0.2, 0) is 4.79 Å². The van der Waals surface area contributed by atoms with Crippen LogP contribution in [0.1, 0.15) is 0 Å². The Bertz CT molecular complexity index is 438. The fraction of sp³-hybridized carbons (Fsp3) is 0.533. The molecule has 2 saturated heterocycles. The summed E-state index contributed by atoms with van der Waals surface area (Å²) < 4.78 is 0. The van der Waals surface area contributed by atoms with Gasteiger partial charge in [-0.2, -0.15) is 0 Å². The minimum absolute atomic E-state index is 0.0787. The van der Waals surface area contributed by atoms with Gasteiger partial charge in [-0.3, -0.25) is 14.6 Å². The zero-order chi connectivity index (χ0) is 13.8. The molecule has 2 aliphatic heterocycles. The first kappa shape index (κ1) is 13.5. The van der Waals surface area contributed by atoms with Crippen LogP contribution in [0, 0.1) is 0 Å². The van der Waals surface area contributed by atoms with E-state index in [1.807, 2.05) is 30.3 Å². The van der Waals surface area contributed by atoms with Gasteiger partial charge in [-0.25, -0.2) is 0 Å². The van der Waals surface area contributed by atoms with Crippen molar-refractivity contribution in [2.45, 2.75) is 6.04 Å². The van der Waals surface area contributed by atoms with Gasteiger partial charge in [0.2, 0.25) is 5.91 Å². The molecule has 108 valence electrons. The Hall–Kier alpha value is -1.43. The Labute approximate surface area is 119 Å². The molecule has 1 aromatic carbocycles. The highest BCUT2D eigenvalue weighted by Gasteiger charge is 2.28. The Morgan fingerprint density at radius 3 is 2.45 bits per heavy atom. The number of amides is 1. The average molecular weight is 274 g/mol. The molecule has 5 heteroatoms. The van der Waals surface area contributed by atoms with Gasteiger partial charge in [0, 0.05) is 51.0 Å². The maximum absolute atomic E-state index is 12.0. The molecule has 0 aliphatic carbocycles. The Kier molecular flexibility index (Phi) is 4.30. The zero-order valence-electron chi connectivity index (χ0n) is 11.7. The third kappa shape index (κ3) is 3.36. The van der Waals surface area contributed by atoms with Crippen molar-refractivity contribution in [3.8, 4) is 0 Å². The van der Waals surface area contributed by atoms with Crippen molar-refractivity contribution in [3.63, 3.8) is 0 Å². The molecule has 0 radical (unpaired) electrons. The van der Waals surface area contributed by atoms with Crippen molar-refractivity contribution in [1.29, 1.82) is 0 Å². The highest BCUT2D eigenvalue weighted by molar-refractivity contribution is 5.92. The number of benzene rings is 1. The second kappa shape index (κ2) is 6.35. The zero-order valence-corrected chi connectivity index (χ0v) is 11.7. The highest BCUT2D eigenvalue weighted by atomic mass is 16.2. The maximum Gasteiger partial charge on any atom is 0.238 e. The molecule has 0 unspecified atom stereocenters. The first-order valence-corrected chi connectivity index (χ1v) is 7.33. The van der Waals surface area contributed by atoms with Gasteiger partial charge in [-0.15, -0.1) is 0 Å². The molecular weight excluding hydrogens is 252 g/mol. The molecule has 3 rings (SSSR count). The van der Waals surface area contributed by atoms with E-state index in [1.165, 1.54) is 0 Å². The lowest BCUT2D eigenvalue weighted by molar-refractivity contribution is -0.117. The van der Waals surface area contributed by atoms with Gasteiger partial charge in [0.15, 0.2) is 0 Å². The van der Waals surface area contributed by atoms with Gasteiger partial charge in [0.05, 0.1) is 6.54 Å². The van der Waals surface area contributed by atoms with Crippen molar-refractivity contribution < 1.29 is 4.79 Å². The molecule has 0 aromatic heterocycles. The normalized spacial score (nSPS) is 21.4. The van der Waals surface area contributed by atoms with E-state index in [1.54, 1.807) is 0 Å². The van der Waals surface area contributed by atoms with Crippen molar-refractivity contribution >= 4 is 11.6 Å². The standard InChI is InChI=1S/C15H22N4O/c20-15(17-13-4-2-1-3-5-13)12-18-6-8-19(9-7-18)14-10-16-11-14/h1-5,14,16H,6-12H2,(H,17,20). The Morgan fingerprint density at radius 1 is 1.15 bits per heavy atom. The van der Waals surface area contributed by atoms with E-state index < -0.39 is 0 Å².